The summed E-state index contributed by atoms with van der Waals surface area (Å²) >= 11 is 0. The van der Waals surface area contributed by atoms with Crippen LogP contribution in [0.5, 0.6) is 0 Å². The van der Waals surface area contributed by atoms with Crippen molar-refractivity contribution in [3.63, 3.8) is 0 Å². The van der Waals surface area contributed by atoms with Crippen LogP contribution < -0.4 is 5.32 Å². The number of piperidine rings is 1. The molecule has 0 radical (unpaired) electrons. The van der Waals surface area contributed by atoms with Gasteiger partial charge in [-0.05, 0) is 26.2 Å². The third-order valence-corrected chi connectivity index (χ3v) is 3.05. The maximum Gasteiger partial charge on any atom is 0.207 e. The van der Waals surface area contributed by atoms with Gasteiger partial charge in [-0.2, -0.15) is 0 Å². The lowest BCUT2D eigenvalue weighted by molar-refractivity contribution is -0.110. The molecule has 3 heteroatoms. The average molecular weight is 184 g/mol. The molecule has 0 aromatic carbocycles. The highest BCUT2D eigenvalue weighted by molar-refractivity contribution is 5.46. The molecule has 3 nitrogen and oxygen atoms in total. The summed E-state index contributed by atoms with van der Waals surface area (Å²) in [6, 6.07) is 1.11. The maximum atomic E-state index is 10.2. The fraction of sp³-hybridized carbons (Fsp3) is 0.900. The Labute approximate surface area is 80.5 Å². The summed E-state index contributed by atoms with van der Waals surface area (Å²) in [4.78, 5) is 12.7. The minimum Gasteiger partial charge on any atom is -0.356 e. The molecule has 1 fully saturated rings. The molecule has 1 atom stereocenters. The number of carbonyl (C=O) groups excluding carboxylic acids is 1. The zero-order chi connectivity index (χ0) is 9.68. The molecule has 1 rings (SSSR count). The van der Waals surface area contributed by atoms with E-state index in [1.165, 1.54) is 6.42 Å². The van der Waals surface area contributed by atoms with E-state index in [4.69, 9.17) is 0 Å². The van der Waals surface area contributed by atoms with Gasteiger partial charge in [0.1, 0.15) is 0 Å². The largest absolute Gasteiger partial charge is 0.356 e. The van der Waals surface area contributed by atoms with Crippen LogP contribution in [-0.2, 0) is 4.79 Å². The molecule has 0 aliphatic carbocycles. The first-order valence-corrected chi connectivity index (χ1v) is 5.21. The highest BCUT2D eigenvalue weighted by Gasteiger charge is 2.20. The molecule has 1 N–H and O–H groups in total. The van der Waals surface area contributed by atoms with Gasteiger partial charge in [0, 0.05) is 25.2 Å². The predicted octanol–water partition coefficient (Wildman–Crippen LogP) is 0.995. The second kappa shape index (κ2) is 5.22. The van der Waals surface area contributed by atoms with E-state index < -0.39 is 0 Å². The molecule has 13 heavy (non-hydrogen) atoms. The van der Waals surface area contributed by atoms with Gasteiger partial charge >= 0.3 is 0 Å². The fourth-order valence-corrected chi connectivity index (χ4v) is 1.86. The van der Waals surface area contributed by atoms with Gasteiger partial charge in [0.2, 0.25) is 6.41 Å². The second-order valence-electron chi connectivity index (χ2n) is 3.85. The first-order valence-electron chi connectivity index (χ1n) is 5.21. The minimum absolute atomic E-state index is 0.415. The van der Waals surface area contributed by atoms with E-state index in [0.29, 0.717) is 12.1 Å². The highest BCUT2D eigenvalue weighted by Crippen LogP contribution is 2.14. The molecule has 0 saturated carbocycles. The molecular formula is C10H20N2O. The molecule has 1 aliphatic heterocycles. The fourth-order valence-electron chi connectivity index (χ4n) is 1.86. The molecule has 0 spiro atoms. The van der Waals surface area contributed by atoms with E-state index in [1.54, 1.807) is 0 Å². The van der Waals surface area contributed by atoms with Crippen LogP contribution in [-0.4, -0.2) is 36.5 Å². The van der Waals surface area contributed by atoms with Crippen LogP contribution in [0.1, 0.15) is 33.1 Å². The number of hydrogen-bond donors (Lipinski definition) is 1. The third kappa shape index (κ3) is 2.99. The number of rotatable bonds is 4. The lowest BCUT2D eigenvalue weighted by Gasteiger charge is -2.35. The Morgan fingerprint density at radius 2 is 2.15 bits per heavy atom. The summed E-state index contributed by atoms with van der Waals surface area (Å²) in [5.41, 5.74) is 0. The normalized spacial score (nSPS) is 22.6. The second-order valence-corrected chi connectivity index (χ2v) is 3.85. The van der Waals surface area contributed by atoms with Gasteiger partial charge in [-0.3, -0.25) is 4.79 Å². The van der Waals surface area contributed by atoms with Gasteiger partial charge in [0.15, 0.2) is 0 Å². The molecule has 0 bridgehead atoms. The Hall–Kier alpha value is -0.570. The molecular weight excluding hydrogens is 164 g/mol. The van der Waals surface area contributed by atoms with Crippen LogP contribution in [0.15, 0.2) is 0 Å². The van der Waals surface area contributed by atoms with Crippen molar-refractivity contribution in [3.8, 4) is 0 Å². The summed E-state index contributed by atoms with van der Waals surface area (Å²) in [5.74, 6) is 0. The first kappa shape index (κ1) is 10.5. The third-order valence-electron chi connectivity index (χ3n) is 3.05. The van der Waals surface area contributed by atoms with Crippen molar-refractivity contribution in [3.05, 3.63) is 0 Å². The van der Waals surface area contributed by atoms with Crippen molar-refractivity contribution in [2.24, 2.45) is 0 Å². The summed E-state index contributed by atoms with van der Waals surface area (Å²) in [6.07, 6.45) is 4.24. The zero-order valence-corrected chi connectivity index (χ0v) is 8.62. The van der Waals surface area contributed by atoms with Crippen LogP contribution in [0.3, 0.4) is 0 Å². The van der Waals surface area contributed by atoms with Crippen LogP contribution in [0.4, 0.5) is 0 Å². The quantitative estimate of drug-likeness (QED) is 0.661. The maximum absolute atomic E-state index is 10.2. The highest BCUT2D eigenvalue weighted by atomic mass is 16.1. The number of nitrogens with one attached hydrogen (secondary N) is 1. The number of nitrogens with zero attached hydrogens (tertiary/aromatic N) is 1. The lowest BCUT2D eigenvalue weighted by Crippen LogP contribution is -2.45. The van der Waals surface area contributed by atoms with Crippen molar-refractivity contribution < 1.29 is 4.79 Å². The Morgan fingerprint density at radius 3 is 2.62 bits per heavy atom. The standard InChI is InChI=1S/C10H20N2O/c1-3-9(2)12-6-4-10(5-7-12)11-8-13/h8-10H,3-7H2,1-2H3,(H,11,13). The Kier molecular flexibility index (Phi) is 4.22. The van der Waals surface area contributed by atoms with Gasteiger partial charge in [-0.15, -0.1) is 0 Å². The van der Waals surface area contributed by atoms with Gasteiger partial charge in [0.25, 0.3) is 0 Å². The monoisotopic (exact) mass is 184 g/mol. The van der Waals surface area contributed by atoms with Crippen molar-refractivity contribution in [2.45, 2.75) is 45.2 Å². The average Bonchev–Trinajstić information content (AvgIpc) is 2.18. The van der Waals surface area contributed by atoms with Gasteiger partial charge in [0.05, 0.1) is 0 Å². The van der Waals surface area contributed by atoms with E-state index in [9.17, 15) is 4.79 Å². The van der Waals surface area contributed by atoms with Crippen molar-refractivity contribution in [1.82, 2.24) is 10.2 Å². The smallest absolute Gasteiger partial charge is 0.207 e. The minimum atomic E-state index is 0.415. The predicted molar refractivity (Wildman–Crippen MR) is 53.5 cm³/mol. The molecule has 0 aromatic rings. The van der Waals surface area contributed by atoms with Crippen LogP contribution in [0.2, 0.25) is 0 Å². The Bertz CT molecular complexity index is 153. The van der Waals surface area contributed by atoms with Crippen molar-refractivity contribution in [2.75, 3.05) is 13.1 Å². The SMILES string of the molecule is CCC(C)N1CCC(NC=O)CC1. The number of likely N-dealkylation sites (tertiary alicyclic amines) is 1. The van der Waals surface area contributed by atoms with E-state index in [2.05, 4.69) is 24.1 Å². The van der Waals surface area contributed by atoms with Crippen LogP contribution >= 0.6 is 0 Å². The van der Waals surface area contributed by atoms with Gasteiger partial charge < -0.3 is 10.2 Å². The summed E-state index contributed by atoms with van der Waals surface area (Å²) in [5, 5.41) is 2.85. The van der Waals surface area contributed by atoms with Gasteiger partial charge in [-0.25, -0.2) is 0 Å². The molecule has 1 amide bonds. The van der Waals surface area contributed by atoms with E-state index in [0.717, 1.165) is 32.3 Å². The molecule has 1 aliphatic rings. The Morgan fingerprint density at radius 1 is 1.54 bits per heavy atom. The first-order chi connectivity index (χ1) is 6.27. The van der Waals surface area contributed by atoms with E-state index in [1.807, 2.05) is 0 Å². The van der Waals surface area contributed by atoms with Crippen molar-refractivity contribution >= 4 is 6.41 Å². The number of hydrogen-bond acceptors (Lipinski definition) is 2. The molecule has 1 saturated heterocycles. The molecule has 76 valence electrons. The van der Waals surface area contributed by atoms with E-state index >= 15 is 0 Å². The summed E-state index contributed by atoms with van der Waals surface area (Å²) in [7, 11) is 0. The topological polar surface area (TPSA) is 32.3 Å². The number of carbonyl (C=O) groups is 1. The van der Waals surface area contributed by atoms with Crippen LogP contribution in [0.25, 0.3) is 0 Å². The lowest BCUT2D eigenvalue weighted by atomic mass is 10.0. The van der Waals surface area contributed by atoms with E-state index in [-0.39, 0.29) is 0 Å². The molecule has 1 heterocycles. The summed E-state index contributed by atoms with van der Waals surface area (Å²) in [6.45, 7) is 6.74. The van der Waals surface area contributed by atoms with Gasteiger partial charge in [-0.1, -0.05) is 6.92 Å². The zero-order valence-electron chi connectivity index (χ0n) is 8.62. The Balaban J connectivity index is 2.25. The van der Waals surface area contributed by atoms with Crippen molar-refractivity contribution in [1.29, 1.82) is 0 Å². The molecule has 1 unspecified atom stereocenters. The van der Waals surface area contributed by atoms with Crippen LogP contribution in [0, 0.1) is 0 Å². The number of amides is 1. The molecule has 0 aromatic heterocycles. The summed E-state index contributed by atoms with van der Waals surface area (Å²) < 4.78 is 0.